The molecule has 4 nitrogen and oxygen atoms in total. The molecule has 14 heavy (non-hydrogen) atoms. The third-order valence-electron chi connectivity index (χ3n) is 3.38. The molecule has 2 heterocycles. The summed E-state index contributed by atoms with van der Waals surface area (Å²) in [5.74, 6) is -0.145. The number of fused-ring (bicyclic) bond motifs is 1. The van der Waals surface area contributed by atoms with Gasteiger partial charge in [-0.1, -0.05) is 6.92 Å². The molecule has 1 N–H and O–H groups in total. The Morgan fingerprint density at radius 3 is 2.86 bits per heavy atom. The van der Waals surface area contributed by atoms with Crippen LogP contribution < -0.4 is 0 Å². The van der Waals surface area contributed by atoms with Gasteiger partial charge in [0.15, 0.2) is 0 Å². The van der Waals surface area contributed by atoms with E-state index in [9.17, 15) is 9.90 Å². The summed E-state index contributed by atoms with van der Waals surface area (Å²) in [5.41, 5.74) is -0.549. The van der Waals surface area contributed by atoms with E-state index in [1.807, 2.05) is 20.8 Å². The fourth-order valence-corrected chi connectivity index (χ4v) is 2.61. The largest absolute Gasteiger partial charge is 0.383 e. The topological polar surface area (TPSA) is 49.8 Å². The van der Waals surface area contributed by atoms with E-state index in [1.54, 1.807) is 4.90 Å². The van der Waals surface area contributed by atoms with Gasteiger partial charge in [-0.15, -0.1) is 0 Å². The average molecular weight is 199 g/mol. The first kappa shape index (κ1) is 9.93. The smallest absolute Gasteiger partial charge is 0.254 e. The molecule has 80 valence electrons. The molecule has 0 aromatic rings. The summed E-state index contributed by atoms with van der Waals surface area (Å²) < 4.78 is 5.55. The van der Waals surface area contributed by atoms with Gasteiger partial charge in [-0.2, -0.15) is 0 Å². The molecule has 0 saturated carbocycles. The lowest BCUT2D eigenvalue weighted by atomic mass is 9.96. The van der Waals surface area contributed by atoms with Gasteiger partial charge >= 0.3 is 0 Å². The first-order valence-electron chi connectivity index (χ1n) is 5.14. The molecule has 0 aromatic heterocycles. The fraction of sp³-hybridized carbons (Fsp3) is 0.900. The van der Waals surface area contributed by atoms with E-state index in [0.29, 0.717) is 6.61 Å². The third-order valence-corrected chi connectivity index (χ3v) is 3.38. The molecular weight excluding hydrogens is 182 g/mol. The van der Waals surface area contributed by atoms with Crippen LogP contribution in [-0.2, 0) is 9.53 Å². The fourth-order valence-electron chi connectivity index (χ4n) is 2.61. The zero-order valence-electron chi connectivity index (χ0n) is 8.86. The Morgan fingerprint density at radius 1 is 1.64 bits per heavy atom. The summed E-state index contributed by atoms with van der Waals surface area (Å²) in [6.45, 7) is 6.29. The highest BCUT2D eigenvalue weighted by Crippen LogP contribution is 2.39. The van der Waals surface area contributed by atoms with Crippen molar-refractivity contribution in [1.29, 1.82) is 0 Å². The highest BCUT2D eigenvalue weighted by Gasteiger charge is 2.55. The Labute approximate surface area is 83.8 Å². The zero-order valence-corrected chi connectivity index (χ0v) is 8.86. The van der Waals surface area contributed by atoms with Crippen LogP contribution in [0.4, 0.5) is 0 Å². The van der Waals surface area contributed by atoms with Crippen molar-refractivity contribution < 1.29 is 14.6 Å². The number of ether oxygens (including phenoxy) is 1. The molecule has 4 heteroatoms. The predicted octanol–water partition coefficient (Wildman–Crippen LogP) is 0.351. The van der Waals surface area contributed by atoms with Crippen molar-refractivity contribution >= 4 is 5.91 Å². The zero-order chi connectivity index (χ0) is 10.5. The summed E-state index contributed by atoms with van der Waals surface area (Å²) >= 11 is 0. The summed E-state index contributed by atoms with van der Waals surface area (Å²) in [6, 6.07) is 0.0671. The van der Waals surface area contributed by atoms with Gasteiger partial charge in [0, 0.05) is 5.92 Å². The molecule has 2 aliphatic rings. The Kier molecular flexibility index (Phi) is 2.08. The van der Waals surface area contributed by atoms with Crippen molar-refractivity contribution in [3.63, 3.8) is 0 Å². The van der Waals surface area contributed by atoms with Gasteiger partial charge < -0.3 is 14.7 Å². The molecule has 3 atom stereocenters. The highest BCUT2D eigenvalue weighted by atomic mass is 16.5. The maximum atomic E-state index is 11.8. The van der Waals surface area contributed by atoms with Crippen LogP contribution in [-0.4, -0.2) is 40.4 Å². The number of hydrogen-bond acceptors (Lipinski definition) is 3. The van der Waals surface area contributed by atoms with Gasteiger partial charge in [0.2, 0.25) is 0 Å². The van der Waals surface area contributed by atoms with Crippen LogP contribution >= 0.6 is 0 Å². The Balaban J connectivity index is 2.30. The minimum absolute atomic E-state index is 0.0317. The van der Waals surface area contributed by atoms with Crippen LogP contribution in [0.15, 0.2) is 0 Å². The molecule has 2 fully saturated rings. The maximum absolute atomic E-state index is 11.8. The number of nitrogens with zero attached hydrogens (tertiary/aromatic N) is 1. The van der Waals surface area contributed by atoms with Gasteiger partial charge in [-0.25, -0.2) is 0 Å². The Bertz CT molecular complexity index is 264. The van der Waals surface area contributed by atoms with Crippen molar-refractivity contribution in [2.75, 3.05) is 6.61 Å². The normalized spacial score (nSPS) is 40.4. The van der Waals surface area contributed by atoms with Crippen LogP contribution in [0.1, 0.15) is 27.2 Å². The summed E-state index contributed by atoms with van der Waals surface area (Å²) in [6.07, 6.45) is -0.0128. The van der Waals surface area contributed by atoms with E-state index in [4.69, 9.17) is 4.74 Å². The lowest BCUT2D eigenvalue weighted by Gasteiger charge is -2.29. The van der Waals surface area contributed by atoms with Crippen molar-refractivity contribution in [2.24, 2.45) is 5.92 Å². The molecule has 0 aliphatic carbocycles. The van der Waals surface area contributed by atoms with E-state index >= 15 is 0 Å². The van der Waals surface area contributed by atoms with E-state index in [0.717, 1.165) is 6.42 Å². The van der Waals surface area contributed by atoms with Gasteiger partial charge in [0.25, 0.3) is 5.91 Å². The van der Waals surface area contributed by atoms with E-state index in [1.165, 1.54) is 0 Å². The number of amides is 1. The standard InChI is InChI=1S/C10H17NO3/c1-4-6-7-5-14-10(2,3)11(7)9(13)8(6)12/h6-8,12H,4-5H2,1-3H3/t6-,7+,8+/m0/s1. The summed E-state index contributed by atoms with van der Waals surface area (Å²) in [5, 5.41) is 9.75. The number of carbonyl (C=O) groups is 1. The average Bonchev–Trinajstić information content (AvgIpc) is 2.53. The molecule has 2 saturated heterocycles. The third kappa shape index (κ3) is 1.10. The SMILES string of the molecule is CC[C@H]1[C@H]2COC(C)(C)N2C(=O)[C@@H]1O. The van der Waals surface area contributed by atoms with Crippen LogP contribution in [0, 0.1) is 5.92 Å². The van der Waals surface area contributed by atoms with Crippen molar-refractivity contribution in [3.05, 3.63) is 0 Å². The van der Waals surface area contributed by atoms with Gasteiger partial charge in [0.1, 0.15) is 11.8 Å². The van der Waals surface area contributed by atoms with E-state index in [-0.39, 0.29) is 17.9 Å². The number of carbonyl (C=O) groups excluding carboxylic acids is 1. The highest BCUT2D eigenvalue weighted by molar-refractivity contribution is 5.84. The number of aliphatic hydroxyl groups excluding tert-OH is 1. The molecule has 2 rings (SSSR count). The number of aliphatic hydroxyl groups is 1. The summed E-state index contributed by atoms with van der Waals surface area (Å²) in [4.78, 5) is 13.5. The molecule has 0 aromatic carbocycles. The monoisotopic (exact) mass is 199 g/mol. The Morgan fingerprint density at radius 2 is 2.29 bits per heavy atom. The number of rotatable bonds is 1. The molecule has 0 radical (unpaired) electrons. The van der Waals surface area contributed by atoms with Gasteiger partial charge in [-0.3, -0.25) is 4.79 Å². The lowest BCUT2D eigenvalue weighted by Crippen LogP contribution is -2.45. The molecular formula is C10H17NO3. The quantitative estimate of drug-likeness (QED) is 0.663. The first-order chi connectivity index (χ1) is 6.49. The van der Waals surface area contributed by atoms with Gasteiger partial charge in [-0.05, 0) is 20.3 Å². The van der Waals surface area contributed by atoms with Gasteiger partial charge in [0.05, 0.1) is 12.6 Å². The first-order valence-corrected chi connectivity index (χ1v) is 5.14. The second kappa shape index (κ2) is 2.94. The van der Waals surface area contributed by atoms with Crippen LogP contribution in [0.3, 0.4) is 0 Å². The molecule has 2 aliphatic heterocycles. The van der Waals surface area contributed by atoms with Crippen LogP contribution in [0.5, 0.6) is 0 Å². The summed E-state index contributed by atoms with van der Waals surface area (Å²) in [7, 11) is 0. The van der Waals surface area contributed by atoms with Crippen LogP contribution in [0.2, 0.25) is 0 Å². The Hall–Kier alpha value is -0.610. The molecule has 1 amide bonds. The second-order valence-electron chi connectivity index (χ2n) is 4.55. The van der Waals surface area contributed by atoms with Crippen molar-refractivity contribution in [2.45, 2.75) is 45.1 Å². The molecule has 0 spiro atoms. The minimum atomic E-state index is -0.826. The van der Waals surface area contributed by atoms with E-state index < -0.39 is 11.8 Å². The minimum Gasteiger partial charge on any atom is -0.383 e. The van der Waals surface area contributed by atoms with E-state index in [2.05, 4.69) is 0 Å². The lowest BCUT2D eigenvalue weighted by molar-refractivity contribution is -0.148. The number of hydrogen-bond donors (Lipinski definition) is 1. The van der Waals surface area contributed by atoms with Crippen LogP contribution in [0.25, 0.3) is 0 Å². The van der Waals surface area contributed by atoms with Crippen molar-refractivity contribution in [1.82, 2.24) is 4.90 Å². The molecule has 0 bridgehead atoms. The molecule has 0 unspecified atom stereocenters. The predicted molar refractivity (Wildman–Crippen MR) is 50.5 cm³/mol. The second-order valence-corrected chi connectivity index (χ2v) is 4.55. The maximum Gasteiger partial charge on any atom is 0.254 e. The van der Waals surface area contributed by atoms with Crippen molar-refractivity contribution in [3.8, 4) is 0 Å².